The van der Waals surface area contributed by atoms with E-state index in [1.807, 2.05) is 23.7 Å². The minimum Gasteiger partial charge on any atom is -0.394 e. The van der Waals surface area contributed by atoms with E-state index in [4.69, 9.17) is 0 Å². The third kappa shape index (κ3) is 2.21. The van der Waals surface area contributed by atoms with Crippen LogP contribution in [-0.4, -0.2) is 59.2 Å². The van der Waals surface area contributed by atoms with Crippen molar-refractivity contribution in [2.24, 2.45) is 0 Å². The summed E-state index contributed by atoms with van der Waals surface area (Å²) in [6, 6.07) is 0.300. The van der Waals surface area contributed by atoms with E-state index in [9.17, 15) is 9.90 Å². The SMILES string of the molecule is CNC1CCCC2CSCC(CO)N2C1=O. The van der Waals surface area contributed by atoms with Gasteiger partial charge >= 0.3 is 0 Å². The maximum atomic E-state index is 12.3. The largest absolute Gasteiger partial charge is 0.394 e. The number of hydrogen-bond donors (Lipinski definition) is 2. The lowest BCUT2D eigenvalue weighted by molar-refractivity contribution is -0.137. The molecule has 0 aromatic heterocycles. The molecule has 2 saturated heterocycles. The Bertz CT molecular complexity index is 262. The first kappa shape index (κ1) is 12.2. The minimum atomic E-state index is -0.0536. The monoisotopic (exact) mass is 244 g/mol. The Morgan fingerprint density at radius 1 is 1.50 bits per heavy atom. The van der Waals surface area contributed by atoms with E-state index in [0.29, 0.717) is 6.04 Å². The van der Waals surface area contributed by atoms with Crippen LogP contribution in [0.15, 0.2) is 0 Å². The first-order chi connectivity index (χ1) is 7.77. The number of fused-ring (bicyclic) bond motifs is 1. The van der Waals surface area contributed by atoms with Crippen LogP contribution in [0.1, 0.15) is 19.3 Å². The Kier molecular flexibility index (Phi) is 4.10. The molecule has 0 aliphatic carbocycles. The average Bonchev–Trinajstić information content (AvgIpc) is 2.48. The zero-order valence-electron chi connectivity index (χ0n) is 9.69. The minimum absolute atomic E-state index is 0.0187. The van der Waals surface area contributed by atoms with Crippen LogP contribution < -0.4 is 5.32 Å². The fourth-order valence-electron chi connectivity index (χ4n) is 2.65. The van der Waals surface area contributed by atoms with E-state index < -0.39 is 0 Å². The average molecular weight is 244 g/mol. The van der Waals surface area contributed by atoms with E-state index in [-0.39, 0.29) is 24.6 Å². The van der Waals surface area contributed by atoms with Crippen molar-refractivity contribution in [3.63, 3.8) is 0 Å². The smallest absolute Gasteiger partial charge is 0.240 e. The summed E-state index contributed by atoms with van der Waals surface area (Å²) in [6.07, 6.45) is 3.09. The summed E-state index contributed by atoms with van der Waals surface area (Å²) in [5, 5.41) is 12.5. The fraction of sp³-hybridized carbons (Fsp3) is 0.909. The summed E-state index contributed by atoms with van der Waals surface area (Å²) in [7, 11) is 1.84. The van der Waals surface area contributed by atoms with Crippen molar-refractivity contribution >= 4 is 17.7 Å². The van der Waals surface area contributed by atoms with Crippen LogP contribution in [-0.2, 0) is 4.79 Å². The highest BCUT2D eigenvalue weighted by molar-refractivity contribution is 7.99. The summed E-state index contributed by atoms with van der Waals surface area (Å²) in [5.74, 6) is 2.08. The summed E-state index contributed by atoms with van der Waals surface area (Å²) >= 11 is 1.86. The second-order valence-corrected chi connectivity index (χ2v) is 5.62. The maximum absolute atomic E-state index is 12.3. The van der Waals surface area contributed by atoms with Crippen molar-refractivity contribution in [2.45, 2.75) is 37.4 Å². The zero-order chi connectivity index (χ0) is 11.5. The van der Waals surface area contributed by atoms with Gasteiger partial charge in [-0.25, -0.2) is 0 Å². The van der Waals surface area contributed by atoms with Crippen molar-refractivity contribution in [1.29, 1.82) is 0 Å². The molecule has 2 aliphatic heterocycles. The molecule has 0 bridgehead atoms. The topological polar surface area (TPSA) is 52.6 Å². The first-order valence-corrected chi connectivity index (χ1v) is 7.11. The first-order valence-electron chi connectivity index (χ1n) is 5.96. The Morgan fingerprint density at radius 3 is 3.00 bits per heavy atom. The van der Waals surface area contributed by atoms with Crippen molar-refractivity contribution in [2.75, 3.05) is 25.2 Å². The van der Waals surface area contributed by atoms with E-state index in [0.717, 1.165) is 30.8 Å². The summed E-state index contributed by atoms with van der Waals surface area (Å²) in [6.45, 7) is 0.0890. The van der Waals surface area contributed by atoms with Gasteiger partial charge in [0.05, 0.1) is 18.7 Å². The van der Waals surface area contributed by atoms with Crippen LogP contribution >= 0.6 is 11.8 Å². The lowest BCUT2D eigenvalue weighted by Crippen LogP contribution is -2.57. The van der Waals surface area contributed by atoms with Gasteiger partial charge in [0.15, 0.2) is 0 Å². The molecule has 16 heavy (non-hydrogen) atoms. The number of thioether (sulfide) groups is 1. The molecule has 1 amide bonds. The Hall–Kier alpha value is -0.260. The molecule has 0 saturated carbocycles. The van der Waals surface area contributed by atoms with E-state index >= 15 is 0 Å². The predicted molar refractivity (Wildman–Crippen MR) is 65.5 cm³/mol. The molecule has 4 nitrogen and oxygen atoms in total. The van der Waals surface area contributed by atoms with Gasteiger partial charge in [0.2, 0.25) is 5.91 Å². The molecule has 2 aliphatic rings. The molecular formula is C11H20N2O2S. The predicted octanol–water partition coefficient (Wildman–Crippen LogP) is 0.0632. The van der Waals surface area contributed by atoms with Gasteiger partial charge in [-0.05, 0) is 26.3 Å². The number of aliphatic hydroxyl groups excluding tert-OH is 1. The molecule has 0 aromatic carbocycles. The van der Waals surface area contributed by atoms with Gasteiger partial charge in [0.1, 0.15) is 0 Å². The lowest BCUT2D eigenvalue weighted by atomic mass is 10.1. The highest BCUT2D eigenvalue weighted by atomic mass is 32.2. The molecular weight excluding hydrogens is 224 g/mol. The molecule has 5 heteroatoms. The second kappa shape index (κ2) is 5.38. The highest BCUT2D eigenvalue weighted by Crippen LogP contribution is 2.29. The van der Waals surface area contributed by atoms with Crippen LogP contribution in [0.2, 0.25) is 0 Å². The molecule has 3 atom stereocenters. The summed E-state index contributed by atoms with van der Waals surface area (Å²) in [5.41, 5.74) is 0. The number of nitrogens with one attached hydrogen (secondary N) is 1. The fourth-order valence-corrected chi connectivity index (χ4v) is 3.92. The molecule has 0 spiro atoms. The van der Waals surface area contributed by atoms with Crippen LogP contribution in [0.3, 0.4) is 0 Å². The molecule has 2 N–H and O–H groups in total. The van der Waals surface area contributed by atoms with E-state index in [1.165, 1.54) is 0 Å². The molecule has 2 heterocycles. The number of likely N-dealkylation sites (N-methyl/N-ethyl adjacent to an activating group) is 1. The number of hydrogen-bond acceptors (Lipinski definition) is 4. The van der Waals surface area contributed by atoms with Crippen LogP contribution in [0.4, 0.5) is 0 Å². The molecule has 0 radical (unpaired) electrons. The van der Waals surface area contributed by atoms with Gasteiger partial charge in [0, 0.05) is 17.5 Å². The summed E-state index contributed by atoms with van der Waals surface area (Å²) in [4.78, 5) is 14.3. The van der Waals surface area contributed by atoms with Gasteiger partial charge in [-0.1, -0.05) is 0 Å². The van der Waals surface area contributed by atoms with Gasteiger partial charge in [-0.3, -0.25) is 4.79 Å². The number of carbonyl (C=O) groups excluding carboxylic acids is 1. The lowest BCUT2D eigenvalue weighted by Gasteiger charge is -2.41. The van der Waals surface area contributed by atoms with Crippen LogP contribution in [0.5, 0.6) is 0 Å². The second-order valence-electron chi connectivity index (χ2n) is 4.55. The summed E-state index contributed by atoms with van der Waals surface area (Å²) < 4.78 is 0. The van der Waals surface area contributed by atoms with Crippen LogP contribution in [0.25, 0.3) is 0 Å². The molecule has 2 rings (SSSR count). The number of carbonyl (C=O) groups is 1. The van der Waals surface area contributed by atoms with Crippen LogP contribution in [0, 0.1) is 0 Å². The van der Waals surface area contributed by atoms with E-state index in [2.05, 4.69) is 5.32 Å². The van der Waals surface area contributed by atoms with Crippen molar-refractivity contribution in [1.82, 2.24) is 10.2 Å². The maximum Gasteiger partial charge on any atom is 0.240 e. The number of aliphatic hydroxyl groups is 1. The quantitative estimate of drug-likeness (QED) is 0.721. The number of nitrogens with zero attached hydrogens (tertiary/aromatic N) is 1. The van der Waals surface area contributed by atoms with Gasteiger partial charge in [-0.15, -0.1) is 0 Å². The van der Waals surface area contributed by atoms with Crippen molar-refractivity contribution < 1.29 is 9.90 Å². The molecule has 3 unspecified atom stereocenters. The van der Waals surface area contributed by atoms with Gasteiger partial charge < -0.3 is 15.3 Å². The van der Waals surface area contributed by atoms with E-state index in [1.54, 1.807) is 0 Å². The number of amides is 1. The van der Waals surface area contributed by atoms with Crippen molar-refractivity contribution in [3.05, 3.63) is 0 Å². The van der Waals surface area contributed by atoms with Gasteiger partial charge in [0.25, 0.3) is 0 Å². The third-order valence-electron chi connectivity index (χ3n) is 3.55. The Balaban J connectivity index is 2.18. The molecule has 92 valence electrons. The molecule has 0 aromatic rings. The number of rotatable bonds is 2. The third-order valence-corrected chi connectivity index (χ3v) is 4.79. The Morgan fingerprint density at radius 2 is 2.31 bits per heavy atom. The normalized spacial score (nSPS) is 35.8. The van der Waals surface area contributed by atoms with Crippen molar-refractivity contribution in [3.8, 4) is 0 Å². The Labute approximate surface area is 101 Å². The molecule has 2 fully saturated rings. The standard InChI is InChI=1S/C11H20N2O2S/c1-12-10-4-2-3-8-6-16-7-9(5-14)13(8)11(10)15/h8-10,12,14H,2-7H2,1H3. The highest BCUT2D eigenvalue weighted by Gasteiger charge is 2.38. The zero-order valence-corrected chi connectivity index (χ0v) is 10.5. The van der Waals surface area contributed by atoms with Gasteiger partial charge in [-0.2, -0.15) is 11.8 Å².